The average molecular weight is 332 g/mol. The minimum Gasteiger partial charge on any atom is -0.273 e. The fourth-order valence-electron chi connectivity index (χ4n) is 2.33. The number of carbonyl (C=O) groups excluding carboxylic acids is 1. The van der Waals surface area contributed by atoms with Crippen LogP contribution in [0.4, 0.5) is 0 Å². The van der Waals surface area contributed by atoms with Crippen LogP contribution in [0.3, 0.4) is 0 Å². The molecule has 0 fully saturated rings. The van der Waals surface area contributed by atoms with E-state index >= 15 is 0 Å². The van der Waals surface area contributed by atoms with E-state index < -0.39 is 9.84 Å². The van der Waals surface area contributed by atoms with Gasteiger partial charge in [-0.15, -0.1) is 6.58 Å². The number of hydrogen-bond donors (Lipinski definition) is 1. The van der Waals surface area contributed by atoms with Gasteiger partial charge in [0.05, 0.1) is 16.4 Å². The lowest BCUT2D eigenvalue weighted by Crippen LogP contribution is -2.30. The van der Waals surface area contributed by atoms with Crippen molar-refractivity contribution in [2.24, 2.45) is 11.0 Å². The maximum Gasteiger partial charge on any atom is 0.240 e. The predicted molar refractivity (Wildman–Crippen MR) is 91.7 cm³/mol. The van der Waals surface area contributed by atoms with Gasteiger partial charge in [-0.2, -0.15) is 5.10 Å². The van der Waals surface area contributed by atoms with Crippen molar-refractivity contribution in [2.45, 2.75) is 25.2 Å². The Balaban J connectivity index is 2.33. The fourth-order valence-corrected chi connectivity index (χ4v) is 3.43. The number of hydrogen-bond acceptors (Lipinski definition) is 4. The summed E-state index contributed by atoms with van der Waals surface area (Å²) in [5.74, 6) is -0.147. The van der Waals surface area contributed by atoms with Crippen molar-refractivity contribution in [2.75, 3.05) is 5.75 Å². The first kappa shape index (κ1) is 17.1. The lowest BCUT2D eigenvalue weighted by molar-refractivity contribution is -0.121. The minimum absolute atomic E-state index is 0.0337. The van der Waals surface area contributed by atoms with Gasteiger partial charge in [0.1, 0.15) is 0 Å². The third-order valence-corrected chi connectivity index (χ3v) is 5.30. The van der Waals surface area contributed by atoms with Gasteiger partial charge in [-0.25, -0.2) is 13.8 Å². The van der Waals surface area contributed by atoms with Crippen LogP contribution in [0.5, 0.6) is 0 Å². The zero-order chi connectivity index (χ0) is 17.0. The Labute approximate surface area is 136 Å². The first-order chi connectivity index (χ1) is 10.8. The summed E-state index contributed by atoms with van der Waals surface area (Å²) >= 11 is 0. The highest BCUT2D eigenvalue weighted by atomic mass is 32.2. The van der Waals surface area contributed by atoms with E-state index in [0.29, 0.717) is 6.42 Å². The molecule has 0 radical (unpaired) electrons. The SMILES string of the molecule is C=CCS(=O)(=O)c1cccc(C(C)=CC2=NNC(=O)CC2C)c1. The molecule has 1 amide bonds. The zero-order valence-corrected chi connectivity index (χ0v) is 14.1. The average Bonchev–Trinajstić information content (AvgIpc) is 2.50. The van der Waals surface area contributed by atoms with Crippen molar-refractivity contribution in [3.8, 4) is 0 Å². The third kappa shape index (κ3) is 4.16. The molecular formula is C17H20N2O3S. The zero-order valence-electron chi connectivity index (χ0n) is 13.2. The van der Waals surface area contributed by atoms with E-state index in [2.05, 4.69) is 17.1 Å². The maximum atomic E-state index is 12.1. The summed E-state index contributed by atoms with van der Waals surface area (Å²) in [5.41, 5.74) is 4.95. The lowest BCUT2D eigenvalue weighted by atomic mass is 9.96. The Bertz CT molecular complexity index is 792. The second kappa shape index (κ2) is 6.91. The molecule has 6 heteroatoms. The summed E-state index contributed by atoms with van der Waals surface area (Å²) in [6.07, 6.45) is 3.66. The van der Waals surface area contributed by atoms with Crippen LogP contribution in [-0.4, -0.2) is 25.8 Å². The molecule has 2 rings (SSSR count). The van der Waals surface area contributed by atoms with E-state index in [1.807, 2.05) is 26.0 Å². The van der Waals surface area contributed by atoms with Crippen LogP contribution in [0, 0.1) is 5.92 Å². The first-order valence-corrected chi connectivity index (χ1v) is 8.97. The molecule has 1 unspecified atom stereocenters. The van der Waals surface area contributed by atoms with Crippen molar-refractivity contribution in [1.29, 1.82) is 0 Å². The third-order valence-electron chi connectivity index (χ3n) is 3.66. The van der Waals surface area contributed by atoms with E-state index in [0.717, 1.165) is 16.8 Å². The first-order valence-electron chi connectivity index (χ1n) is 7.32. The van der Waals surface area contributed by atoms with Crippen LogP contribution in [-0.2, 0) is 14.6 Å². The van der Waals surface area contributed by atoms with E-state index in [4.69, 9.17) is 0 Å². The van der Waals surface area contributed by atoms with Gasteiger partial charge < -0.3 is 0 Å². The molecule has 0 aliphatic carbocycles. The summed E-state index contributed by atoms with van der Waals surface area (Å²) < 4.78 is 24.2. The van der Waals surface area contributed by atoms with Crippen molar-refractivity contribution < 1.29 is 13.2 Å². The molecular weight excluding hydrogens is 312 g/mol. The number of amides is 1. The number of nitrogens with zero attached hydrogens (tertiary/aromatic N) is 1. The summed E-state index contributed by atoms with van der Waals surface area (Å²) in [5, 5.41) is 4.07. The summed E-state index contributed by atoms with van der Waals surface area (Å²) in [4.78, 5) is 11.6. The number of carbonyl (C=O) groups is 1. The molecule has 1 atom stereocenters. The molecule has 1 aliphatic heterocycles. The molecule has 122 valence electrons. The van der Waals surface area contributed by atoms with Crippen molar-refractivity contribution in [3.63, 3.8) is 0 Å². The van der Waals surface area contributed by atoms with Crippen molar-refractivity contribution in [1.82, 2.24) is 5.43 Å². The molecule has 0 saturated carbocycles. The van der Waals surface area contributed by atoms with Crippen LogP contribution in [0.15, 0.2) is 53.0 Å². The smallest absolute Gasteiger partial charge is 0.240 e. The largest absolute Gasteiger partial charge is 0.273 e. The van der Waals surface area contributed by atoms with Crippen LogP contribution in [0.2, 0.25) is 0 Å². The Hall–Kier alpha value is -2.21. The monoisotopic (exact) mass is 332 g/mol. The molecule has 1 aliphatic rings. The van der Waals surface area contributed by atoms with E-state index in [9.17, 15) is 13.2 Å². The maximum absolute atomic E-state index is 12.1. The molecule has 0 aromatic heterocycles. The Morgan fingerprint density at radius 1 is 1.48 bits per heavy atom. The molecule has 1 aromatic carbocycles. The lowest BCUT2D eigenvalue weighted by Gasteiger charge is -2.17. The molecule has 1 N–H and O–H groups in total. The second-order valence-corrected chi connectivity index (χ2v) is 7.64. The van der Waals surface area contributed by atoms with E-state index in [1.165, 1.54) is 6.08 Å². The topological polar surface area (TPSA) is 75.6 Å². The Kier molecular flexibility index (Phi) is 5.15. The van der Waals surface area contributed by atoms with Gasteiger partial charge in [-0.3, -0.25) is 4.79 Å². The van der Waals surface area contributed by atoms with Gasteiger partial charge in [0.25, 0.3) is 0 Å². The molecule has 0 saturated heterocycles. The second-order valence-electron chi connectivity index (χ2n) is 5.60. The Morgan fingerprint density at radius 2 is 2.22 bits per heavy atom. The number of sulfone groups is 1. The minimum atomic E-state index is -3.35. The summed E-state index contributed by atoms with van der Waals surface area (Å²) in [6.45, 7) is 7.31. The molecule has 1 heterocycles. The van der Waals surface area contributed by atoms with Gasteiger partial charge in [-0.05, 0) is 36.3 Å². The van der Waals surface area contributed by atoms with E-state index in [1.54, 1.807) is 18.2 Å². The molecule has 1 aromatic rings. The van der Waals surface area contributed by atoms with Crippen molar-refractivity contribution >= 4 is 27.0 Å². The molecule has 23 heavy (non-hydrogen) atoms. The summed E-state index contributed by atoms with van der Waals surface area (Å²) in [6, 6.07) is 6.80. The highest BCUT2D eigenvalue weighted by molar-refractivity contribution is 7.91. The highest BCUT2D eigenvalue weighted by Gasteiger charge is 2.19. The predicted octanol–water partition coefficient (Wildman–Crippen LogP) is 2.56. The van der Waals surface area contributed by atoms with Crippen LogP contribution in [0.1, 0.15) is 25.8 Å². The number of allylic oxidation sites excluding steroid dienone is 2. The normalized spacial score (nSPS) is 19.0. The fraction of sp³-hybridized carbons (Fsp3) is 0.294. The quantitative estimate of drug-likeness (QED) is 0.842. The van der Waals surface area contributed by atoms with Crippen LogP contribution >= 0.6 is 0 Å². The van der Waals surface area contributed by atoms with Crippen LogP contribution in [0.25, 0.3) is 5.57 Å². The number of nitrogens with one attached hydrogen (secondary N) is 1. The number of hydrazone groups is 1. The highest BCUT2D eigenvalue weighted by Crippen LogP contribution is 2.21. The molecule has 5 nitrogen and oxygen atoms in total. The standard InChI is InChI=1S/C17H20N2O3S/c1-4-8-23(21,22)15-7-5-6-14(11-15)12(2)9-16-13(3)10-17(20)19-18-16/h4-7,9,11,13H,1,8,10H2,2-3H3,(H,19,20). The van der Waals surface area contributed by atoms with Crippen LogP contribution < -0.4 is 5.43 Å². The van der Waals surface area contributed by atoms with Gasteiger partial charge in [-0.1, -0.05) is 25.1 Å². The summed E-state index contributed by atoms with van der Waals surface area (Å²) in [7, 11) is -3.35. The van der Waals surface area contributed by atoms with Gasteiger partial charge in [0.15, 0.2) is 9.84 Å². The number of benzene rings is 1. The Morgan fingerprint density at radius 3 is 2.87 bits per heavy atom. The van der Waals surface area contributed by atoms with Gasteiger partial charge in [0.2, 0.25) is 5.91 Å². The van der Waals surface area contributed by atoms with E-state index in [-0.39, 0.29) is 22.5 Å². The molecule has 0 spiro atoms. The van der Waals surface area contributed by atoms with Crippen molar-refractivity contribution in [3.05, 3.63) is 48.6 Å². The van der Waals surface area contributed by atoms with Gasteiger partial charge in [0, 0.05) is 12.3 Å². The number of rotatable bonds is 5. The van der Waals surface area contributed by atoms with Gasteiger partial charge >= 0.3 is 0 Å². The molecule has 0 bridgehead atoms.